The van der Waals surface area contributed by atoms with Crippen LogP contribution in [0.5, 0.6) is 0 Å². The number of carbonyl (C=O) groups is 1. The van der Waals surface area contributed by atoms with Gasteiger partial charge in [-0.3, -0.25) is 4.79 Å². The summed E-state index contributed by atoms with van der Waals surface area (Å²) in [4.78, 5) is 16.3. The number of hydrogen-bond donors (Lipinski definition) is 2. The molecule has 21 heavy (non-hydrogen) atoms. The molecule has 0 spiro atoms. The molecule has 110 valence electrons. The Kier molecular flexibility index (Phi) is 5.58. The molecule has 0 radical (unpaired) electrons. The van der Waals surface area contributed by atoms with E-state index < -0.39 is 0 Å². The highest BCUT2D eigenvalue weighted by molar-refractivity contribution is 6.33. The highest BCUT2D eigenvalue weighted by atomic mass is 35.5. The topological polar surface area (TPSA) is 54.0 Å². The molecule has 1 amide bonds. The number of rotatable bonds is 6. The average molecular weight is 304 g/mol. The molecule has 0 bridgehead atoms. The Balaban J connectivity index is 1.98. The number of pyridine rings is 1. The first-order valence-electron chi connectivity index (χ1n) is 6.92. The molecule has 0 saturated carbocycles. The van der Waals surface area contributed by atoms with Crippen LogP contribution in [0.25, 0.3) is 0 Å². The fourth-order valence-electron chi connectivity index (χ4n) is 1.82. The summed E-state index contributed by atoms with van der Waals surface area (Å²) in [6.07, 6.45) is 2.52. The van der Waals surface area contributed by atoms with Gasteiger partial charge in [-0.25, -0.2) is 4.98 Å². The third-order valence-electron chi connectivity index (χ3n) is 2.94. The van der Waals surface area contributed by atoms with E-state index in [4.69, 9.17) is 11.6 Å². The Bertz CT molecular complexity index is 602. The Morgan fingerprint density at radius 2 is 2.05 bits per heavy atom. The van der Waals surface area contributed by atoms with Gasteiger partial charge in [0.2, 0.25) is 0 Å². The van der Waals surface area contributed by atoms with E-state index in [1.807, 2.05) is 30.3 Å². The van der Waals surface area contributed by atoms with Crippen molar-refractivity contribution in [1.29, 1.82) is 0 Å². The molecule has 0 aliphatic rings. The third-order valence-corrected chi connectivity index (χ3v) is 3.23. The quantitative estimate of drug-likeness (QED) is 0.859. The van der Waals surface area contributed by atoms with Crippen molar-refractivity contribution in [2.75, 3.05) is 11.9 Å². The maximum absolute atomic E-state index is 12.1. The maximum atomic E-state index is 12.1. The Morgan fingerprint density at radius 1 is 1.29 bits per heavy atom. The Morgan fingerprint density at radius 3 is 2.71 bits per heavy atom. The van der Waals surface area contributed by atoms with Crippen LogP contribution in [0.15, 0.2) is 42.6 Å². The van der Waals surface area contributed by atoms with Gasteiger partial charge in [0.15, 0.2) is 0 Å². The van der Waals surface area contributed by atoms with Crippen molar-refractivity contribution >= 4 is 23.3 Å². The molecule has 0 saturated heterocycles. The van der Waals surface area contributed by atoms with E-state index in [0.717, 1.165) is 18.5 Å². The molecule has 0 fully saturated rings. The first-order valence-corrected chi connectivity index (χ1v) is 7.30. The van der Waals surface area contributed by atoms with Gasteiger partial charge in [-0.2, -0.15) is 0 Å². The summed E-state index contributed by atoms with van der Waals surface area (Å²) in [6, 6.07) is 11.4. The number of anilines is 1. The molecule has 1 aromatic heterocycles. The van der Waals surface area contributed by atoms with E-state index in [1.54, 1.807) is 6.07 Å². The van der Waals surface area contributed by atoms with E-state index in [-0.39, 0.29) is 5.91 Å². The lowest BCUT2D eigenvalue weighted by atomic mass is 10.2. The zero-order chi connectivity index (χ0) is 15.1. The van der Waals surface area contributed by atoms with Gasteiger partial charge in [-0.05, 0) is 18.1 Å². The van der Waals surface area contributed by atoms with Crippen molar-refractivity contribution in [2.24, 2.45) is 0 Å². The number of halogens is 1. The average Bonchev–Trinajstić information content (AvgIpc) is 2.52. The molecule has 2 rings (SSSR count). The second-order valence-corrected chi connectivity index (χ2v) is 5.06. The zero-order valence-corrected chi connectivity index (χ0v) is 12.7. The minimum atomic E-state index is -0.185. The zero-order valence-electron chi connectivity index (χ0n) is 11.9. The summed E-state index contributed by atoms with van der Waals surface area (Å²) in [5.74, 6) is 0.424. The van der Waals surface area contributed by atoms with Crippen LogP contribution in [0.2, 0.25) is 5.02 Å². The number of nitrogens with zero attached hydrogens (tertiary/aromatic N) is 1. The predicted molar refractivity (Wildman–Crippen MR) is 85.6 cm³/mol. The van der Waals surface area contributed by atoms with Crippen LogP contribution >= 0.6 is 11.6 Å². The molecule has 0 aliphatic carbocycles. The number of benzene rings is 1. The third kappa shape index (κ3) is 4.46. The van der Waals surface area contributed by atoms with Crippen LogP contribution < -0.4 is 10.6 Å². The standard InChI is InChI=1S/C16H18ClN3O/c1-2-8-18-15-14(17)9-13(11-19-15)16(21)20-10-12-6-4-3-5-7-12/h3-7,9,11H,2,8,10H2,1H3,(H,18,19)(H,20,21). The predicted octanol–water partition coefficient (Wildman–Crippen LogP) is 3.49. The minimum Gasteiger partial charge on any atom is -0.369 e. The highest BCUT2D eigenvalue weighted by Gasteiger charge is 2.09. The lowest BCUT2D eigenvalue weighted by Crippen LogP contribution is -2.23. The summed E-state index contributed by atoms with van der Waals surface area (Å²) in [5, 5.41) is 6.41. The molecular weight excluding hydrogens is 286 g/mol. The maximum Gasteiger partial charge on any atom is 0.253 e. The van der Waals surface area contributed by atoms with E-state index in [0.29, 0.717) is 22.9 Å². The molecule has 4 nitrogen and oxygen atoms in total. The van der Waals surface area contributed by atoms with Crippen LogP contribution in [0.1, 0.15) is 29.3 Å². The number of aromatic nitrogens is 1. The van der Waals surface area contributed by atoms with Crippen molar-refractivity contribution < 1.29 is 4.79 Å². The van der Waals surface area contributed by atoms with Gasteiger partial charge in [0, 0.05) is 19.3 Å². The van der Waals surface area contributed by atoms with Crippen LogP contribution in [-0.2, 0) is 6.54 Å². The summed E-state index contributed by atoms with van der Waals surface area (Å²) < 4.78 is 0. The molecule has 1 heterocycles. The van der Waals surface area contributed by atoms with Gasteiger partial charge >= 0.3 is 0 Å². The van der Waals surface area contributed by atoms with E-state index in [2.05, 4.69) is 22.5 Å². The molecule has 0 atom stereocenters. The summed E-state index contributed by atoms with van der Waals surface area (Å²) in [5.41, 5.74) is 1.50. The second kappa shape index (κ2) is 7.64. The summed E-state index contributed by atoms with van der Waals surface area (Å²) in [7, 11) is 0. The van der Waals surface area contributed by atoms with Gasteiger partial charge < -0.3 is 10.6 Å². The molecule has 0 unspecified atom stereocenters. The fraction of sp³-hybridized carbons (Fsp3) is 0.250. The van der Waals surface area contributed by atoms with Crippen molar-refractivity contribution in [3.63, 3.8) is 0 Å². The monoisotopic (exact) mass is 303 g/mol. The van der Waals surface area contributed by atoms with Gasteiger partial charge in [-0.15, -0.1) is 0 Å². The fourth-order valence-corrected chi connectivity index (χ4v) is 2.05. The number of hydrogen-bond acceptors (Lipinski definition) is 3. The Labute approximate surface area is 129 Å². The highest BCUT2D eigenvalue weighted by Crippen LogP contribution is 2.20. The summed E-state index contributed by atoms with van der Waals surface area (Å²) >= 11 is 6.12. The largest absolute Gasteiger partial charge is 0.369 e. The van der Waals surface area contributed by atoms with E-state index in [1.165, 1.54) is 6.20 Å². The number of nitrogens with one attached hydrogen (secondary N) is 2. The molecule has 2 aromatic rings. The molecule has 2 N–H and O–H groups in total. The van der Waals surface area contributed by atoms with Crippen LogP contribution in [-0.4, -0.2) is 17.4 Å². The lowest BCUT2D eigenvalue weighted by Gasteiger charge is -2.09. The van der Waals surface area contributed by atoms with Crippen molar-refractivity contribution in [3.8, 4) is 0 Å². The molecule has 1 aromatic carbocycles. The smallest absolute Gasteiger partial charge is 0.253 e. The van der Waals surface area contributed by atoms with E-state index >= 15 is 0 Å². The van der Waals surface area contributed by atoms with Gasteiger partial charge in [0.05, 0.1) is 10.6 Å². The number of carbonyl (C=O) groups excluding carboxylic acids is 1. The molecule has 5 heteroatoms. The van der Waals surface area contributed by atoms with Gasteiger partial charge in [-0.1, -0.05) is 48.9 Å². The van der Waals surface area contributed by atoms with Crippen molar-refractivity contribution in [3.05, 3.63) is 58.7 Å². The van der Waals surface area contributed by atoms with E-state index in [9.17, 15) is 4.79 Å². The second-order valence-electron chi connectivity index (χ2n) is 4.65. The Hall–Kier alpha value is -2.07. The van der Waals surface area contributed by atoms with Crippen molar-refractivity contribution in [1.82, 2.24) is 10.3 Å². The van der Waals surface area contributed by atoms with Crippen molar-refractivity contribution in [2.45, 2.75) is 19.9 Å². The number of amides is 1. The lowest BCUT2D eigenvalue weighted by molar-refractivity contribution is 0.0950. The van der Waals surface area contributed by atoms with Gasteiger partial charge in [0.25, 0.3) is 5.91 Å². The van der Waals surface area contributed by atoms with Gasteiger partial charge in [0.1, 0.15) is 5.82 Å². The van der Waals surface area contributed by atoms with Crippen LogP contribution in [0.3, 0.4) is 0 Å². The molecular formula is C16H18ClN3O. The van der Waals surface area contributed by atoms with Crippen LogP contribution in [0.4, 0.5) is 5.82 Å². The minimum absolute atomic E-state index is 0.185. The normalized spacial score (nSPS) is 10.2. The SMILES string of the molecule is CCCNc1ncc(C(=O)NCc2ccccc2)cc1Cl. The summed E-state index contributed by atoms with van der Waals surface area (Å²) in [6.45, 7) is 3.34. The first kappa shape index (κ1) is 15.3. The first-order chi connectivity index (χ1) is 10.2. The molecule has 0 aliphatic heterocycles. The van der Waals surface area contributed by atoms with Crippen LogP contribution in [0, 0.1) is 0 Å².